The topological polar surface area (TPSA) is 64.3 Å². The summed E-state index contributed by atoms with van der Waals surface area (Å²) < 4.78 is 5.11. The molecule has 0 radical (unpaired) electrons. The van der Waals surface area contributed by atoms with Crippen molar-refractivity contribution in [1.29, 1.82) is 0 Å². The Hall–Kier alpha value is -1.42. The number of carbonyl (C=O) groups excluding carboxylic acids is 1. The van der Waals surface area contributed by atoms with E-state index >= 15 is 0 Å². The van der Waals surface area contributed by atoms with Crippen molar-refractivity contribution in [3.05, 3.63) is 29.8 Å². The zero-order valence-corrected chi connectivity index (χ0v) is 11.1. The van der Waals surface area contributed by atoms with Crippen LogP contribution in [0.25, 0.3) is 0 Å². The molecule has 0 saturated carbocycles. The summed E-state index contributed by atoms with van der Waals surface area (Å²) in [6, 6.07) is 7.36. The number of anilines is 1. The van der Waals surface area contributed by atoms with E-state index in [9.17, 15) is 4.79 Å². The Bertz CT molecular complexity index is 375. The molecule has 1 aromatic rings. The number of ether oxygens (including phenoxy) is 1. The molecule has 0 fully saturated rings. The molecule has 0 bridgehead atoms. The quantitative estimate of drug-likeness (QED) is 0.802. The summed E-state index contributed by atoms with van der Waals surface area (Å²) in [5.74, 6) is 0. The van der Waals surface area contributed by atoms with Gasteiger partial charge in [0.2, 0.25) is 0 Å². The fourth-order valence-electron chi connectivity index (χ4n) is 1.19. The van der Waals surface area contributed by atoms with Crippen LogP contribution in [0.1, 0.15) is 26.3 Å². The largest absolute Gasteiger partial charge is 0.444 e. The van der Waals surface area contributed by atoms with Crippen LogP contribution in [0, 0.1) is 0 Å². The zero-order chi connectivity index (χ0) is 12.2. The van der Waals surface area contributed by atoms with Crippen LogP contribution in [-0.2, 0) is 11.3 Å². The number of hydrogen-bond donors (Lipinski definition) is 2. The summed E-state index contributed by atoms with van der Waals surface area (Å²) in [5, 5.41) is 2.67. The Balaban J connectivity index is 0.00000256. The molecule has 0 aliphatic carbocycles. The second-order valence-electron chi connectivity index (χ2n) is 4.60. The van der Waals surface area contributed by atoms with Crippen molar-refractivity contribution in [2.75, 3.05) is 5.73 Å². The lowest BCUT2D eigenvalue weighted by Crippen LogP contribution is -2.32. The first-order valence-corrected chi connectivity index (χ1v) is 5.18. The van der Waals surface area contributed by atoms with E-state index in [4.69, 9.17) is 10.5 Å². The highest BCUT2D eigenvalue weighted by Crippen LogP contribution is 2.08. The second kappa shape index (κ2) is 6.35. The first-order chi connectivity index (χ1) is 7.37. The first kappa shape index (κ1) is 15.6. The van der Waals surface area contributed by atoms with E-state index in [0.29, 0.717) is 12.2 Å². The minimum Gasteiger partial charge on any atom is -0.444 e. The lowest BCUT2D eigenvalue weighted by Gasteiger charge is -2.19. The number of rotatable bonds is 2. The highest BCUT2D eigenvalue weighted by molar-refractivity contribution is 5.85. The number of alkyl carbamates (subject to hydrolysis) is 1. The van der Waals surface area contributed by atoms with Crippen molar-refractivity contribution in [1.82, 2.24) is 5.32 Å². The summed E-state index contributed by atoms with van der Waals surface area (Å²) in [7, 11) is 0. The summed E-state index contributed by atoms with van der Waals surface area (Å²) in [6.45, 7) is 5.90. The second-order valence-corrected chi connectivity index (χ2v) is 4.60. The van der Waals surface area contributed by atoms with Crippen LogP contribution in [0.3, 0.4) is 0 Å². The van der Waals surface area contributed by atoms with E-state index < -0.39 is 11.7 Å². The first-order valence-electron chi connectivity index (χ1n) is 5.18. The van der Waals surface area contributed by atoms with E-state index in [1.54, 1.807) is 6.07 Å². The van der Waals surface area contributed by atoms with Crippen molar-refractivity contribution in [2.24, 2.45) is 0 Å². The van der Waals surface area contributed by atoms with Crippen LogP contribution in [0.4, 0.5) is 10.5 Å². The number of halogens is 1. The van der Waals surface area contributed by atoms with E-state index in [1.165, 1.54) is 0 Å². The minimum atomic E-state index is -0.472. The maximum absolute atomic E-state index is 11.4. The molecular formula is C12H19ClN2O2. The van der Waals surface area contributed by atoms with Gasteiger partial charge in [0, 0.05) is 12.2 Å². The van der Waals surface area contributed by atoms with Gasteiger partial charge in [0.25, 0.3) is 0 Å². The predicted molar refractivity (Wildman–Crippen MR) is 71.2 cm³/mol. The fourth-order valence-corrected chi connectivity index (χ4v) is 1.19. The Morgan fingerprint density at radius 2 is 2.06 bits per heavy atom. The summed E-state index contributed by atoms with van der Waals surface area (Å²) in [6.07, 6.45) is -0.421. The molecule has 0 heterocycles. The molecule has 0 saturated heterocycles. The predicted octanol–water partition coefficient (Wildman–Crippen LogP) is 2.72. The van der Waals surface area contributed by atoms with E-state index in [1.807, 2.05) is 39.0 Å². The molecule has 1 aromatic carbocycles. The molecule has 0 atom stereocenters. The smallest absolute Gasteiger partial charge is 0.407 e. The lowest BCUT2D eigenvalue weighted by atomic mass is 10.2. The average Bonchev–Trinajstić information content (AvgIpc) is 2.12. The normalized spacial score (nSPS) is 10.3. The Kier molecular flexibility index (Phi) is 5.82. The SMILES string of the molecule is CC(C)(C)OC(=O)NCc1cccc(N)c1.Cl. The van der Waals surface area contributed by atoms with Gasteiger partial charge in [-0.3, -0.25) is 0 Å². The van der Waals surface area contributed by atoms with Crippen LogP contribution in [-0.4, -0.2) is 11.7 Å². The van der Waals surface area contributed by atoms with Gasteiger partial charge in [0.1, 0.15) is 5.60 Å². The maximum Gasteiger partial charge on any atom is 0.407 e. The molecule has 1 amide bonds. The minimum absolute atomic E-state index is 0. The van der Waals surface area contributed by atoms with E-state index in [0.717, 1.165) is 5.56 Å². The van der Waals surface area contributed by atoms with Gasteiger partial charge in [-0.25, -0.2) is 4.79 Å². The molecule has 1 rings (SSSR count). The zero-order valence-electron chi connectivity index (χ0n) is 10.3. The number of nitrogen functional groups attached to an aromatic ring is 1. The molecule has 3 N–H and O–H groups in total. The van der Waals surface area contributed by atoms with Crippen LogP contribution in [0.15, 0.2) is 24.3 Å². The molecule has 17 heavy (non-hydrogen) atoms. The molecule has 4 nitrogen and oxygen atoms in total. The maximum atomic E-state index is 11.4. The molecular weight excluding hydrogens is 240 g/mol. The summed E-state index contributed by atoms with van der Waals surface area (Å²) in [5.41, 5.74) is 6.78. The van der Waals surface area contributed by atoms with Crippen LogP contribution in [0.2, 0.25) is 0 Å². The van der Waals surface area contributed by atoms with Gasteiger partial charge < -0.3 is 15.8 Å². The summed E-state index contributed by atoms with van der Waals surface area (Å²) in [4.78, 5) is 11.4. The highest BCUT2D eigenvalue weighted by Gasteiger charge is 2.15. The van der Waals surface area contributed by atoms with Crippen LogP contribution < -0.4 is 11.1 Å². The molecule has 0 aromatic heterocycles. The van der Waals surface area contributed by atoms with E-state index in [2.05, 4.69) is 5.32 Å². The molecule has 96 valence electrons. The standard InChI is InChI=1S/C12H18N2O2.ClH/c1-12(2,3)16-11(15)14-8-9-5-4-6-10(13)7-9;/h4-7H,8,13H2,1-3H3,(H,14,15);1H. The number of nitrogens with two attached hydrogens (primary N) is 1. The number of carbonyl (C=O) groups is 1. The number of amides is 1. The van der Waals surface area contributed by atoms with E-state index in [-0.39, 0.29) is 12.4 Å². The van der Waals surface area contributed by atoms with Gasteiger partial charge in [0.05, 0.1) is 0 Å². The van der Waals surface area contributed by atoms with Gasteiger partial charge >= 0.3 is 6.09 Å². The highest BCUT2D eigenvalue weighted by atomic mass is 35.5. The van der Waals surface area contributed by atoms with Gasteiger partial charge in [-0.1, -0.05) is 12.1 Å². The summed E-state index contributed by atoms with van der Waals surface area (Å²) >= 11 is 0. The van der Waals surface area contributed by atoms with Crippen molar-refractivity contribution >= 4 is 24.2 Å². The molecule has 5 heteroatoms. The Labute approximate surface area is 108 Å². The lowest BCUT2D eigenvalue weighted by molar-refractivity contribution is 0.0523. The third kappa shape index (κ3) is 6.68. The van der Waals surface area contributed by atoms with Crippen molar-refractivity contribution < 1.29 is 9.53 Å². The molecule has 0 unspecified atom stereocenters. The van der Waals surface area contributed by atoms with Gasteiger partial charge in [0.15, 0.2) is 0 Å². The number of hydrogen-bond acceptors (Lipinski definition) is 3. The Morgan fingerprint density at radius 1 is 1.41 bits per heavy atom. The number of benzene rings is 1. The third-order valence-electron chi connectivity index (χ3n) is 1.79. The molecule has 0 aliphatic rings. The van der Waals surface area contributed by atoms with Gasteiger partial charge in [-0.2, -0.15) is 0 Å². The monoisotopic (exact) mass is 258 g/mol. The van der Waals surface area contributed by atoms with Gasteiger partial charge in [-0.05, 0) is 38.5 Å². The van der Waals surface area contributed by atoms with Crippen molar-refractivity contribution in [3.8, 4) is 0 Å². The van der Waals surface area contributed by atoms with Crippen LogP contribution >= 0.6 is 12.4 Å². The third-order valence-corrected chi connectivity index (χ3v) is 1.79. The van der Waals surface area contributed by atoms with Crippen LogP contribution in [0.5, 0.6) is 0 Å². The number of nitrogens with one attached hydrogen (secondary N) is 1. The average molecular weight is 259 g/mol. The van der Waals surface area contributed by atoms with Crippen molar-refractivity contribution in [3.63, 3.8) is 0 Å². The molecule has 0 aliphatic heterocycles. The Morgan fingerprint density at radius 3 is 2.59 bits per heavy atom. The van der Waals surface area contributed by atoms with Crippen molar-refractivity contribution in [2.45, 2.75) is 32.9 Å². The molecule has 0 spiro atoms. The fraction of sp³-hybridized carbons (Fsp3) is 0.417. The van der Waals surface area contributed by atoms with Gasteiger partial charge in [-0.15, -0.1) is 12.4 Å².